The first-order valence-corrected chi connectivity index (χ1v) is 8.92. The minimum Gasteiger partial charge on any atom is -0.454 e. The van der Waals surface area contributed by atoms with E-state index >= 15 is 0 Å². The summed E-state index contributed by atoms with van der Waals surface area (Å²) in [5.74, 6) is 1.00. The van der Waals surface area contributed by atoms with Gasteiger partial charge in [-0.25, -0.2) is 13.9 Å². The number of rotatable bonds is 3. The van der Waals surface area contributed by atoms with Crippen molar-refractivity contribution < 1.29 is 14.3 Å². The van der Waals surface area contributed by atoms with Gasteiger partial charge in [0.05, 0.1) is 5.52 Å². The first kappa shape index (κ1) is 17.4. The van der Waals surface area contributed by atoms with Gasteiger partial charge < -0.3 is 14.8 Å². The van der Waals surface area contributed by atoms with E-state index in [1.165, 1.54) is 4.68 Å². The van der Waals surface area contributed by atoms with Gasteiger partial charge in [-0.1, -0.05) is 6.92 Å². The molecule has 0 bridgehead atoms. The zero-order chi connectivity index (χ0) is 19.3. The molecule has 0 saturated carbocycles. The zero-order valence-corrected chi connectivity index (χ0v) is 15.8. The topological polar surface area (TPSA) is 86.9 Å². The van der Waals surface area contributed by atoms with Crippen LogP contribution in [0.5, 0.6) is 11.5 Å². The lowest BCUT2D eigenvalue weighted by Gasteiger charge is -2.20. The van der Waals surface area contributed by atoms with Crippen molar-refractivity contribution in [3.8, 4) is 11.5 Å². The van der Waals surface area contributed by atoms with Gasteiger partial charge in [0.2, 0.25) is 12.7 Å². The first-order valence-electron chi connectivity index (χ1n) is 8.92. The number of aryl methyl sites for hydroxylation is 1. The number of benzene rings is 1. The SMILES string of the molecule is CCc1cc2cc3c(cc2n2c(=O)n(CC(=O)NC(C)(C)C)nc12)OCO3. The standard InChI is InChI=1S/C19H22N4O4/c1-5-11-6-12-7-14-15(27-10-26-14)8-13(12)23-17(11)21-22(18(23)25)9-16(24)20-19(2,3)4/h6-8H,5,9-10H2,1-4H3,(H,20,24). The number of fused-ring (bicyclic) bond motifs is 4. The maximum atomic E-state index is 13.0. The fraction of sp³-hybridized carbons (Fsp3) is 0.421. The van der Waals surface area contributed by atoms with Gasteiger partial charge in [-0.15, -0.1) is 5.10 Å². The van der Waals surface area contributed by atoms with Gasteiger partial charge in [0.15, 0.2) is 17.1 Å². The number of nitrogens with zero attached hydrogens (tertiary/aromatic N) is 3. The summed E-state index contributed by atoms with van der Waals surface area (Å²) in [6.07, 6.45) is 0.707. The van der Waals surface area contributed by atoms with Crippen molar-refractivity contribution in [2.75, 3.05) is 6.79 Å². The third kappa shape index (κ3) is 3.01. The highest BCUT2D eigenvalue weighted by atomic mass is 16.7. The van der Waals surface area contributed by atoms with E-state index in [1.54, 1.807) is 10.5 Å². The monoisotopic (exact) mass is 370 g/mol. The molecule has 1 aromatic carbocycles. The van der Waals surface area contributed by atoms with Gasteiger partial charge in [0, 0.05) is 17.0 Å². The summed E-state index contributed by atoms with van der Waals surface area (Å²) in [6.45, 7) is 7.71. The van der Waals surface area contributed by atoms with Crippen LogP contribution in [0.3, 0.4) is 0 Å². The van der Waals surface area contributed by atoms with E-state index < -0.39 is 0 Å². The van der Waals surface area contributed by atoms with Crippen molar-refractivity contribution in [2.24, 2.45) is 0 Å². The number of ether oxygens (including phenoxy) is 2. The predicted octanol–water partition coefficient (Wildman–Crippen LogP) is 1.85. The Kier molecular flexibility index (Phi) is 3.87. The quantitative estimate of drug-likeness (QED) is 0.760. The maximum absolute atomic E-state index is 13.0. The zero-order valence-electron chi connectivity index (χ0n) is 15.8. The molecule has 8 nitrogen and oxygen atoms in total. The summed E-state index contributed by atoms with van der Waals surface area (Å²) in [4.78, 5) is 25.3. The molecule has 1 aliphatic rings. The van der Waals surface area contributed by atoms with E-state index in [0.29, 0.717) is 29.1 Å². The summed E-state index contributed by atoms with van der Waals surface area (Å²) < 4.78 is 13.6. The van der Waals surface area contributed by atoms with Crippen molar-refractivity contribution in [3.05, 3.63) is 34.2 Å². The molecule has 8 heteroatoms. The molecule has 3 aromatic rings. The third-order valence-corrected chi connectivity index (χ3v) is 4.41. The highest BCUT2D eigenvalue weighted by Crippen LogP contribution is 2.36. The normalized spacial score (nSPS) is 13.5. The molecular weight excluding hydrogens is 348 g/mol. The number of aromatic nitrogens is 3. The molecule has 0 radical (unpaired) electrons. The van der Waals surface area contributed by atoms with Crippen molar-refractivity contribution in [3.63, 3.8) is 0 Å². The second-order valence-electron chi connectivity index (χ2n) is 7.68. The van der Waals surface area contributed by atoms with Crippen LogP contribution in [0.4, 0.5) is 0 Å². The Morgan fingerprint density at radius 3 is 2.59 bits per heavy atom. The summed E-state index contributed by atoms with van der Waals surface area (Å²) in [6, 6.07) is 5.65. The predicted molar refractivity (Wildman–Crippen MR) is 100 cm³/mol. The van der Waals surface area contributed by atoms with Gasteiger partial charge in [-0.05, 0) is 44.9 Å². The molecule has 2 aromatic heterocycles. The molecule has 0 unspecified atom stereocenters. The minimum absolute atomic E-state index is 0.132. The highest BCUT2D eigenvalue weighted by molar-refractivity contribution is 5.87. The third-order valence-electron chi connectivity index (χ3n) is 4.41. The van der Waals surface area contributed by atoms with Crippen LogP contribution in [0.15, 0.2) is 23.0 Å². The number of hydrogen-bond acceptors (Lipinski definition) is 5. The lowest BCUT2D eigenvalue weighted by atomic mass is 10.1. The van der Waals surface area contributed by atoms with E-state index in [1.807, 2.05) is 39.8 Å². The Morgan fingerprint density at radius 2 is 1.93 bits per heavy atom. The number of carbonyl (C=O) groups is 1. The van der Waals surface area contributed by atoms with Crippen LogP contribution in [0.1, 0.15) is 33.3 Å². The fourth-order valence-corrected chi connectivity index (χ4v) is 3.30. The molecule has 1 amide bonds. The van der Waals surface area contributed by atoms with E-state index in [4.69, 9.17) is 9.47 Å². The second kappa shape index (κ2) is 6.00. The Hall–Kier alpha value is -3.03. The smallest absolute Gasteiger partial charge is 0.351 e. The molecule has 3 heterocycles. The number of carbonyl (C=O) groups excluding carboxylic acids is 1. The van der Waals surface area contributed by atoms with Crippen LogP contribution in [0, 0.1) is 0 Å². The molecule has 0 fully saturated rings. The van der Waals surface area contributed by atoms with Gasteiger partial charge >= 0.3 is 5.69 Å². The molecule has 1 N–H and O–H groups in total. The van der Waals surface area contributed by atoms with E-state index in [9.17, 15) is 9.59 Å². The molecule has 1 aliphatic heterocycles. The molecule has 4 rings (SSSR count). The highest BCUT2D eigenvalue weighted by Gasteiger charge is 2.21. The summed E-state index contributed by atoms with van der Waals surface area (Å²) in [5.41, 5.74) is 1.43. The van der Waals surface area contributed by atoms with Crippen molar-refractivity contribution in [1.29, 1.82) is 0 Å². The average molecular weight is 370 g/mol. The molecule has 0 atom stereocenters. The van der Waals surface area contributed by atoms with Crippen molar-refractivity contribution in [1.82, 2.24) is 19.5 Å². The van der Waals surface area contributed by atoms with Crippen molar-refractivity contribution >= 4 is 22.5 Å². The molecule has 142 valence electrons. The molecule has 27 heavy (non-hydrogen) atoms. The number of amides is 1. The summed E-state index contributed by atoms with van der Waals surface area (Å²) in [7, 11) is 0. The van der Waals surface area contributed by atoms with E-state index in [-0.39, 0.29) is 30.5 Å². The maximum Gasteiger partial charge on any atom is 0.351 e. The summed E-state index contributed by atoms with van der Waals surface area (Å²) >= 11 is 0. The molecular formula is C19H22N4O4. The number of nitrogens with one attached hydrogen (secondary N) is 1. The van der Waals surface area contributed by atoms with Crippen LogP contribution in [-0.4, -0.2) is 32.4 Å². The van der Waals surface area contributed by atoms with E-state index in [0.717, 1.165) is 10.9 Å². The second-order valence-corrected chi connectivity index (χ2v) is 7.68. The van der Waals surface area contributed by atoms with E-state index in [2.05, 4.69) is 10.4 Å². The fourth-order valence-electron chi connectivity index (χ4n) is 3.30. The molecule has 0 saturated heterocycles. The number of pyridine rings is 1. The van der Waals surface area contributed by atoms with Gasteiger partial charge in [0.25, 0.3) is 0 Å². The van der Waals surface area contributed by atoms with Crippen molar-refractivity contribution in [2.45, 2.75) is 46.2 Å². The lowest BCUT2D eigenvalue weighted by Crippen LogP contribution is -2.43. The minimum atomic E-state index is -0.376. The first-order chi connectivity index (χ1) is 12.8. The van der Waals surface area contributed by atoms with Crippen LogP contribution in [0.25, 0.3) is 16.6 Å². The number of hydrogen-bond donors (Lipinski definition) is 1. The Morgan fingerprint density at radius 1 is 1.22 bits per heavy atom. The van der Waals surface area contributed by atoms with Crippen LogP contribution in [-0.2, 0) is 17.8 Å². The average Bonchev–Trinajstić information content (AvgIpc) is 3.15. The Labute approximate surface area is 155 Å². The van der Waals surface area contributed by atoms with Crippen LogP contribution < -0.4 is 20.5 Å². The molecule has 0 spiro atoms. The summed E-state index contributed by atoms with van der Waals surface area (Å²) in [5, 5.41) is 8.15. The van der Waals surface area contributed by atoms with Gasteiger partial charge in [-0.3, -0.25) is 4.79 Å². The lowest BCUT2D eigenvalue weighted by molar-refractivity contribution is -0.123. The van der Waals surface area contributed by atoms with Crippen LogP contribution >= 0.6 is 0 Å². The Bertz CT molecular complexity index is 1120. The Balaban J connectivity index is 1.89. The molecule has 0 aliphatic carbocycles. The van der Waals surface area contributed by atoms with Crippen LogP contribution in [0.2, 0.25) is 0 Å². The van der Waals surface area contributed by atoms with Gasteiger partial charge in [-0.2, -0.15) is 0 Å². The van der Waals surface area contributed by atoms with Gasteiger partial charge in [0.1, 0.15) is 6.54 Å². The largest absolute Gasteiger partial charge is 0.454 e.